The first-order valence-corrected chi connectivity index (χ1v) is 11.8. The van der Waals surface area contributed by atoms with Gasteiger partial charge in [0.2, 0.25) is 10.0 Å². The van der Waals surface area contributed by atoms with Gasteiger partial charge in [-0.15, -0.1) is 0 Å². The average Bonchev–Trinajstić information content (AvgIpc) is 3.59. The highest BCUT2D eigenvalue weighted by Gasteiger charge is 2.40. The van der Waals surface area contributed by atoms with Gasteiger partial charge in [-0.1, -0.05) is 12.1 Å². The van der Waals surface area contributed by atoms with E-state index < -0.39 is 21.9 Å². The van der Waals surface area contributed by atoms with E-state index >= 15 is 0 Å². The number of carbonyl (C=O) groups excluding carboxylic acids is 1. The summed E-state index contributed by atoms with van der Waals surface area (Å²) in [5.41, 5.74) is 1.88. The zero-order valence-electron chi connectivity index (χ0n) is 17.3. The van der Waals surface area contributed by atoms with Crippen molar-refractivity contribution in [2.75, 3.05) is 36.8 Å². The molecule has 1 aromatic heterocycles. The number of rotatable bonds is 6. The van der Waals surface area contributed by atoms with Crippen LogP contribution >= 0.6 is 0 Å². The predicted molar refractivity (Wildman–Crippen MR) is 117 cm³/mol. The fourth-order valence-corrected chi connectivity index (χ4v) is 5.41. The smallest absolute Gasteiger partial charge is 0.306 e. The second-order valence-corrected chi connectivity index (χ2v) is 10.2. The number of carbonyl (C=O) groups is 1. The molecule has 0 bridgehead atoms. The number of hydrogen-bond donors (Lipinski definition) is 2. The molecule has 2 aliphatic rings. The molecule has 2 heterocycles. The molecule has 0 unspecified atom stereocenters. The summed E-state index contributed by atoms with van der Waals surface area (Å²) in [4.78, 5) is 18.4. The highest BCUT2D eigenvalue weighted by molar-refractivity contribution is 7.90. The van der Waals surface area contributed by atoms with E-state index in [1.165, 1.54) is 12.3 Å². The third-order valence-electron chi connectivity index (χ3n) is 5.53. The van der Waals surface area contributed by atoms with Crippen LogP contribution in [0, 0.1) is 12.7 Å². The van der Waals surface area contributed by atoms with Crippen molar-refractivity contribution in [2.45, 2.75) is 31.6 Å². The Hall–Kier alpha value is -2.56. The topological polar surface area (TPSA) is 94.6 Å². The SMILES string of the molecule is Cc1ccc(NC(=O)Nc2cccc(CN3CCN(S(=O)(=O)C4CC4)CC3)c2F)cn1. The molecule has 1 saturated carbocycles. The molecular weight excluding hydrogens is 421 g/mol. The standard InChI is InChI=1S/C21H26FN5O3S/c1-15-5-6-17(13-23-15)24-21(28)25-19-4-2-3-16(20(19)22)14-26-9-11-27(12-10-26)31(29,30)18-7-8-18/h2-6,13,18H,7-12,14H2,1H3,(H2,24,25,28). The van der Waals surface area contributed by atoms with Gasteiger partial charge in [-0.3, -0.25) is 9.88 Å². The van der Waals surface area contributed by atoms with E-state index in [4.69, 9.17) is 0 Å². The van der Waals surface area contributed by atoms with Gasteiger partial charge < -0.3 is 10.6 Å². The number of sulfonamides is 1. The van der Waals surface area contributed by atoms with E-state index in [1.807, 2.05) is 11.8 Å². The van der Waals surface area contributed by atoms with Gasteiger partial charge in [0.25, 0.3) is 0 Å². The van der Waals surface area contributed by atoms with Crippen LogP contribution < -0.4 is 10.6 Å². The van der Waals surface area contributed by atoms with Gasteiger partial charge in [-0.05, 0) is 38.0 Å². The number of halogens is 1. The Labute approximate surface area is 181 Å². The lowest BCUT2D eigenvalue weighted by Crippen LogP contribution is -2.49. The number of amides is 2. The Morgan fingerprint density at radius 2 is 1.87 bits per heavy atom. The number of anilines is 2. The van der Waals surface area contributed by atoms with E-state index in [0.29, 0.717) is 44.0 Å². The minimum absolute atomic E-state index is 0.0880. The summed E-state index contributed by atoms with van der Waals surface area (Å²) in [6.45, 7) is 4.13. The van der Waals surface area contributed by atoms with Crippen LogP contribution in [0.3, 0.4) is 0 Å². The van der Waals surface area contributed by atoms with Crippen LogP contribution in [0.5, 0.6) is 0 Å². The summed E-state index contributed by atoms with van der Waals surface area (Å²) in [5.74, 6) is -0.493. The molecule has 4 rings (SSSR count). The minimum Gasteiger partial charge on any atom is -0.306 e. The number of pyridine rings is 1. The first-order valence-electron chi connectivity index (χ1n) is 10.3. The van der Waals surface area contributed by atoms with Gasteiger partial charge in [0.15, 0.2) is 5.82 Å². The maximum Gasteiger partial charge on any atom is 0.323 e. The third-order valence-corrected chi connectivity index (χ3v) is 7.93. The lowest BCUT2D eigenvalue weighted by Gasteiger charge is -2.34. The van der Waals surface area contributed by atoms with E-state index in [1.54, 1.807) is 28.6 Å². The molecule has 8 nitrogen and oxygen atoms in total. The Morgan fingerprint density at radius 1 is 1.13 bits per heavy atom. The van der Waals surface area contributed by atoms with Gasteiger partial charge >= 0.3 is 6.03 Å². The second-order valence-electron chi connectivity index (χ2n) is 7.97. The fraction of sp³-hybridized carbons (Fsp3) is 0.429. The molecule has 2 amide bonds. The first kappa shape index (κ1) is 21.7. The van der Waals surface area contributed by atoms with Gasteiger partial charge in [0.1, 0.15) is 0 Å². The Bertz CT molecular complexity index is 1050. The fourth-order valence-electron chi connectivity index (χ4n) is 3.58. The van der Waals surface area contributed by atoms with E-state index in [-0.39, 0.29) is 10.9 Å². The quantitative estimate of drug-likeness (QED) is 0.710. The molecule has 2 N–H and O–H groups in total. The summed E-state index contributed by atoms with van der Waals surface area (Å²) in [5, 5.41) is 4.96. The van der Waals surface area contributed by atoms with Crippen molar-refractivity contribution < 1.29 is 17.6 Å². The molecule has 0 radical (unpaired) electrons. The van der Waals surface area contributed by atoms with Crippen molar-refractivity contribution in [3.05, 3.63) is 53.6 Å². The normalized spacial score (nSPS) is 18.0. The van der Waals surface area contributed by atoms with Crippen molar-refractivity contribution in [1.29, 1.82) is 0 Å². The molecule has 1 aliphatic carbocycles. The number of benzene rings is 1. The summed E-state index contributed by atoms with van der Waals surface area (Å²) in [7, 11) is -3.17. The molecule has 0 spiro atoms. The zero-order valence-corrected chi connectivity index (χ0v) is 18.2. The summed E-state index contributed by atoms with van der Waals surface area (Å²) < 4.78 is 41.2. The van der Waals surface area contributed by atoms with Crippen molar-refractivity contribution in [3.8, 4) is 0 Å². The van der Waals surface area contributed by atoms with Crippen molar-refractivity contribution in [2.24, 2.45) is 0 Å². The molecular formula is C21H26FN5O3S. The van der Waals surface area contributed by atoms with Crippen LogP contribution in [-0.4, -0.2) is 60.1 Å². The van der Waals surface area contributed by atoms with Crippen molar-refractivity contribution in [1.82, 2.24) is 14.2 Å². The van der Waals surface area contributed by atoms with Crippen molar-refractivity contribution >= 4 is 27.4 Å². The van der Waals surface area contributed by atoms with E-state index in [2.05, 4.69) is 15.6 Å². The van der Waals surface area contributed by atoms with Crippen LogP contribution in [0.15, 0.2) is 36.5 Å². The number of nitrogens with one attached hydrogen (secondary N) is 2. The predicted octanol–water partition coefficient (Wildman–Crippen LogP) is 2.78. The van der Waals surface area contributed by atoms with Crippen LogP contribution in [0.4, 0.5) is 20.6 Å². The molecule has 31 heavy (non-hydrogen) atoms. The van der Waals surface area contributed by atoms with E-state index in [0.717, 1.165) is 18.5 Å². The largest absolute Gasteiger partial charge is 0.323 e. The first-order chi connectivity index (χ1) is 14.8. The van der Waals surface area contributed by atoms with E-state index in [9.17, 15) is 17.6 Å². The molecule has 166 valence electrons. The second kappa shape index (κ2) is 8.89. The number of piperazine rings is 1. The van der Waals surface area contributed by atoms with Gasteiger partial charge in [-0.25, -0.2) is 17.6 Å². The summed E-state index contributed by atoms with van der Waals surface area (Å²) >= 11 is 0. The van der Waals surface area contributed by atoms with Gasteiger partial charge in [-0.2, -0.15) is 4.31 Å². The number of urea groups is 1. The molecule has 1 aromatic carbocycles. The van der Waals surface area contributed by atoms with Crippen LogP contribution in [0.25, 0.3) is 0 Å². The molecule has 2 fully saturated rings. The summed E-state index contributed by atoms with van der Waals surface area (Å²) in [6, 6.07) is 7.81. The highest BCUT2D eigenvalue weighted by atomic mass is 32.2. The van der Waals surface area contributed by atoms with Crippen LogP contribution in [-0.2, 0) is 16.6 Å². The number of aromatic nitrogens is 1. The third kappa shape index (κ3) is 5.20. The lowest BCUT2D eigenvalue weighted by molar-refractivity contribution is 0.180. The summed E-state index contributed by atoms with van der Waals surface area (Å²) in [6.07, 6.45) is 3.04. The molecule has 1 aliphatic heterocycles. The van der Waals surface area contributed by atoms with Crippen molar-refractivity contribution in [3.63, 3.8) is 0 Å². The van der Waals surface area contributed by atoms with Gasteiger partial charge in [0.05, 0.1) is 22.8 Å². The Balaban J connectivity index is 1.34. The molecule has 10 heteroatoms. The highest BCUT2D eigenvalue weighted by Crippen LogP contribution is 2.31. The Morgan fingerprint density at radius 3 is 2.52 bits per heavy atom. The monoisotopic (exact) mass is 447 g/mol. The zero-order chi connectivity index (χ0) is 22.0. The number of hydrogen-bond acceptors (Lipinski definition) is 5. The maximum atomic E-state index is 15.0. The van der Waals surface area contributed by atoms with Gasteiger partial charge in [0, 0.05) is 44.0 Å². The molecule has 1 saturated heterocycles. The Kier molecular flexibility index (Phi) is 6.22. The van der Waals surface area contributed by atoms with Crippen LogP contribution in [0.1, 0.15) is 24.1 Å². The molecule has 0 atom stereocenters. The number of nitrogens with zero attached hydrogens (tertiary/aromatic N) is 3. The minimum atomic E-state index is -3.17. The van der Waals surface area contributed by atoms with Crippen LogP contribution in [0.2, 0.25) is 0 Å². The lowest BCUT2D eigenvalue weighted by atomic mass is 10.1. The maximum absolute atomic E-state index is 15.0. The molecule has 2 aromatic rings. The average molecular weight is 448 g/mol. The number of aryl methyl sites for hydroxylation is 1.